The molecule has 2 aromatic rings. The summed E-state index contributed by atoms with van der Waals surface area (Å²) in [6, 6.07) is 13.9. The van der Waals surface area contributed by atoms with E-state index in [4.69, 9.17) is 0 Å². The molecular formula is C15H16FNO. The Morgan fingerprint density at radius 2 is 1.94 bits per heavy atom. The molecule has 1 unspecified atom stereocenters. The number of aliphatic hydroxyl groups excluding tert-OH is 1. The Morgan fingerprint density at radius 1 is 1.17 bits per heavy atom. The predicted octanol–water partition coefficient (Wildman–Crippen LogP) is 3.28. The van der Waals surface area contributed by atoms with Gasteiger partial charge in [-0.25, -0.2) is 4.39 Å². The van der Waals surface area contributed by atoms with E-state index in [-0.39, 0.29) is 5.82 Å². The van der Waals surface area contributed by atoms with Gasteiger partial charge in [0, 0.05) is 12.2 Å². The third kappa shape index (κ3) is 3.31. The van der Waals surface area contributed by atoms with E-state index < -0.39 is 6.10 Å². The molecule has 0 amide bonds. The van der Waals surface area contributed by atoms with Crippen LogP contribution in [0.15, 0.2) is 48.5 Å². The fourth-order valence-corrected chi connectivity index (χ4v) is 1.80. The number of hydrogen-bond donors (Lipinski definition) is 2. The molecule has 0 aliphatic rings. The number of anilines is 1. The maximum atomic E-state index is 13.0. The van der Waals surface area contributed by atoms with Gasteiger partial charge in [0.15, 0.2) is 0 Å². The molecule has 0 heterocycles. The van der Waals surface area contributed by atoms with Gasteiger partial charge in [-0.05, 0) is 42.3 Å². The number of aliphatic hydroxyl groups is 1. The highest BCUT2D eigenvalue weighted by Crippen LogP contribution is 2.16. The Balaban J connectivity index is 1.98. The maximum Gasteiger partial charge on any atom is 0.123 e. The molecule has 0 saturated carbocycles. The van der Waals surface area contributed by atoms with E-state index in [0.29, 0.717) is 12.1 Å². The lowest BCUT2D eigenvalue weighted by Crippen LogP contribution is -2.12. The van der Waals surface area contributed by atoms with Crippen molar-refractivity contribution in [3.8, 4) is 0 Å². The average Bonchev–Trinajstić information content (AvgIpc) is 2.36. The first-order valence-corrected chi connectivity index (χ1v) is 5.89. The zero-order chi connectivity index (χ0) is 13.0. The molecule has 0 bridgehead atoms. The zero-order valence-electron chi connectivity index (χ0n) is 10.2. The van der Waals surface area contributed by atoms with E-state index in [9.17, 15) is 9.50 Å². The molecule has 1 atom stereocenters. The largest absolute Gasteiger partial charge is 0.387 e. The van der Waals surface area contributed by atoms with E-state index in [1.807, 2.05) is 31.2 Å². The summed E-state index contributed by atoms with van der Waals surface area (Å²) in [5.41, 5.74) is 2.68. The maximum absolute atomic E-state index is 13.0. The topological polar surface area (TPSA) is 32.3 Å². The molecule has 0 spiro atoms. The highest BCUT2D eigenvalue weighted by Gasteiger charge is 2.07. The van der Waals surface area contributed by atoms with Gasteiger partial charge in [-0.3, -0.25) is 0 Å². The molecule has 0 radical (unpaired) electrons. The van der Waals surface area contributed by atoms with E-state index in [0.717, 1.165) is 11.3 Å². The highest BCUT2D eigenvalue weighted by atomic mass is 19.1. The Kier molecular flexibility index (Phi) is 3.95. The second kappa shape index (κ2) is 5.65. The first-order valence-electron chi connectivity index (χ1n) is 5.89. The summed E-state index contributed by atoms with van der Waals surface area (Å²) in [6.07, 6.45) is -0.721. The molecule has 2 aromatic carbocycles. The van der Waals surface area contributed by atoms with E-state index in [2.05, 4.69) is 5.32 Å². The fraction of sp³-hybridized carbons (Fsp3) is 0.200. The minimum Gasteiger partial charge on any atom is -0.387 e. The van der Waals surface area contributed by atoms with Crippen molar-refractivity contribution in [3.63, 3.8) is 0 Å². The molecular weight excluding hydrogens is 229 g/mol. The van der Waals surface area contributed by atoms with Crippen molar-refractivity contribution < 1.29 is 9.50 Å². The Hall–Kier alpha value is -1.87. The zero-order valence-corrected chi connectivity index (χ0v) is 10.2. The first-order chi connectivity index (χ1) is 8.65. The van der Waals surface area contributed by atoms with E-state index >= 15 is 0 Å². The van der Waals surface area contributed by atoms with Crippen LogP contribution in [0.25, 0.3) is 0 Å². The quantitative estimate of drug-likeness (QED) is 0.866. The molecule has 0 fully saturated rings. The summed E-state index contributed by atoms with van der Waals surface area (Å²) in [5, 5.41) is 13.1. The molecule has 2 N–H and O–H groups in total. The van der Waals surface area contributed by atoms with Crippen LogP contribution in [0, 0.1) is 12.7 Å². The lowest BCUT2D eigenvalue weighted by Gasteiger charge is -2.13. The highest BCUT2D eigenvalue weighted by molar-refractivity contribution is 5.45. The summed E-state index contributed by atoms with van der Waals surface area (Å²) in [5.74, 6) is -0.331. The normalized spacial score (nSPS) is 12.2. The van der Waals surface area contributed by atoms with Gasteiger partial charge in [0.25, 0.3) is 0 Å². The van der Waals surface area contributed by atoms with Crippen molar-refractivity contribution >= 4 is 5.69 Å². The van der Waals surface area contributed by atoms with Gasteiger partial charge >= 0.3 is 0 Å². The van der Waals surface area contributed by atoms with Crippen molar-refractivity contribution in [1.82, 2.24) is 0 Å². The summed E-state index contributed by atoms with van der Waals surface area (Å²) in [6.45, 7) is 2.36. The third-order valence-corrected chi connectivity index (χ3v) is 2.75. The Bertz CT molecular complexity index is 527. The second-order valence-corrected chi connectivity index (χ2v) is 4.32. The van der Waals surface area contributed by atoms with Crippen LogP contribution in [0.1, 0.15) is 17.2 Å². The van der Waals surface area contributed by atoms with Crippen molar-refractivity contribution in [2.45, 2.75) is 13.0 Å². The molecule has 0 saturated heterocycles. The van der Waals surface area contributed by atoms with Crippen LogP contribution in [0.4, 0.5) is 10.1 Å². The van der Waals surface area contributed by atoms with Gasteiger partial charge in [0.2, 0.25) is 0 Å². The van der Waals surface area contributed by atoms with Crippen LogP contribution in [0.2, 0.25) is 0 Å². The van der Waals surface area contributed by atoms with E-state index in [1.165, 1.54) is 12.1 Å². The van der Waals surface area contributed by atoms with E-state index in [1.54, 1.807) is 12.1 Å². The minimum atomic E-state index is -0.721. The van der Waals surface area contributed by atoms with Crippen LogP contribution in [0.3, 0.4) is 0 Å². The third-order valence-electron chi connectivity index (χ3n) is 2.75. The van der Waals surface area contributed by atoms with Gasteiger partial charge in [0.1, 0.15) is 5.82 Å². The lowest BCUT2D eigenvalue weighted by molar-refractivity contribution is 0.191. The molecule has 0 aliphatic heterocycles. The molecule has 2 nitrogen and oxygen atoms in total. The molecule has 18 heavy (non-hydrogen) atoms. The minimum absolute atomic E-state index is 0.331. The number of benzene rings is 2. The van der Waals surface area contributed by atoms with Gasteiger partial charge < -0.3 is 10.4 Å². The number of halogens is 1. The molecule has 0 aliphatic carbocycles. The van der Waals surface area contributed by atoms with Crippen molar-refractivity contribution in [2.24, 2.45) is 0 Å². The molecule has 94 valence electrons. The molecule has 2 rings (SSSR count). The van der Waals surface area contributed by atoms with Crippen molar-refractivity contribution in [1.29, 1.82) is 0 Å². The summed E-state index contributed by atoms with van der Waals surface area (Å²) < 4.78 is 13.0. The number of nitrogens with one attached hydrogen (secondary N) is 1. The molecule has 0 aromatic heterocycles. The summed E-state index contributed by atoms with van der Waals surface area (Å²) in [7, 11) is 0. The van der Waals surface area contributed by atoms with Gasteiger partial charge in [-0.1, -0.05) is 24.3 Å². The Morgan fingerprint density at radius 3 is 2.67 bits per heavy atom. The van der Waals surface area contributed by atoms with Crippen LogP contribution in [-0.2, 0) is 0 Å². The van der Waals surface area contributed by atoms with Crippen molar-refractivity contribution in [2.75, 3.05) is 11.9 Å². The number of aryl methyl sites for hydroxylation is 1. The first kappa shape index (κ1) is 12.6. The van der Waals surface area contributed by atoms with Gasteiger partial charge in [-0.15, -0.1) is 0 Å². The average molecular weight is 245 g/mol. The smallest absolute Gasteiger partial charge is 0.123 e. The van der Waals surface area contributed by atoms with Crippen LogP contribution in [-0.4, -0.2) is 11.7 Å². The van der Waals surface area contributed by atoms with Crippen molar-refractivity contribution in [3.05, 3.63) is 65.5 Å². The molecule has 3 heteroatoms. The van der Waals surface area contributed by atoms with Gasteiger partial charge in [0.05, 0.1) is 6.10 Å². The van der Waals surface area contributed by atoms with Crippen LogP contribution < -0.4 is 5.32 Å². The van der Waals surface area contributed by atoms with Crippen LogP contribution >= 0.6 is 0 Å². The fourth-order valence-electron chi connectivity index (χ4n) is 1.80. The SMILES string of the molecule is Cc1cccc(NCC(O)c2cccc(F)c2)c1. The lowest BCUT2D eigenvalue weighted by atomic mass is 10.1. The number of rotatable bonds is 4. The van der Waals surface area contributed by atoms with Crippen LogP contribution in [0.5, 0.6) is 0 Å². The standard InChI is InChI=1S/C15H16FNO/c1-11-4-2-7-14(8-11)17-10-15(18)12-5-3-6-13(16)9-12/h2-9,15,17-18H,10H2,1H3. The summed E-state index contributed by atoms with van der Waals surface area (Å²) >= 11 is 0. The second-order valence-electron chi connectivity index (χ2n) is 4.32. The Labute approximate surface area is 106 Å². The van der Waals surface area contributed by atoms with Gasteiger partial charge in [-0.2, -0.15) is 0 Å². The monoisotopic (exact) mass is 245 g/mol. The predicted molar refractivity (Wildman–Crippen MR) is 71.0 cm³/mol. The number of hydrogen-bond acceptors (Lipinski definition) is 2. The summed E-state index contributed by atoms with van der Waals surface area (Å²) in [4.78, 5) is 0.